The molecule has 3 aromatic carbocycles. The Morgan fingerprint density at radius 3 is 2.56 bits per heavy atom. The highest BCUT2D eigenvalue weighted by Crippen LogP contribution is 2.34. The van der Waals surface area contributed by atoms with Crippen LogP contribution in [0.15, 0.2) is 59.7 Å². The minimum Gasteiger partial charge on any atom is -0.493 e. The Morgan fingerprint density at radius 1 is 1.12 bits per heavy atom. The standard InChI is InChI=1S/C25H24ClIN2O3/c1-16-4-7-20(17(2)10-16)13-24(30)29-28-14-19-11-22(27)25(23(12-19)31-3)32-15-18-5-8-21(26)9-6-18/h4-12,14H,13,15H2,1-3H3,(H,29,30)/b28-14+. The van der Waals surface area contributed by atoms with Crippen LogP contribution in [0.5, 0.6) is 11.5 Å². The number of benzene rings is 3. The molecule has 0 aliphatic carbocycles. The van der Waals surface area contributed by atoms with E-state index in [1.54, 1.807) is 13.3 Å². The molecule has 7 heteroatoms. The monoisotopic (exact) mass is 562 g/mol. The van der Waals surface area contributed by atoms with Crippen LogP contribution in [0.4, 0.5) is 0 Å². The van der Waals surface area contributed by atoms with Crippen molar-refractivity contribution in [3.05, 3.63) is 91.0 Å². The van der Waals surface area contributed by atoms with Gasteiger partial charge in [0, 0.05) is 5.02 Å². The Labute approximate surface area is 206 Å². The van der Waals surface area contributed by atoms with E-state index in [2.05, 4.69) is 39.2 Å². The van der Waals surface area contributed by atoms with Crippen LogP contribution in [0.25, 0.3) is 0 Å². The Bertz CT molecular complexity index is 1130. The van der Waals surface area contributed by atoms with Gasteiger partial charge in [0.15, 0.2) is 11.5 Å². The van der Waals surface area contributed by atoms with Gasteiger partial charge in [0.25, 0.3) is 0 Å². The summed E-state index contributed by atoms with van der Waals surface area (Å²) in [5.41, 5.74) is 7.64. The lowest BCUT2D eigenvalue weighted by molar-refractivity contribution is -0.120. The zero-order valence-electron chi connectivity index (χ0n) is 18.1. The van der Waals surface area contributed by atoms with E-state index in [4.69, 9.17) is 21.1 Å². The van der Waals surface area contributed by atoms with E-state index < -0.39 is 0 Å². The predicted octanol–water partition coefficient (Wildman–Crippen LogP) is 5.84. The lowest BCUT2D eigenvalue weighted by atomic mass is 10.0. The third-order valence-corrected chi connectivity index (χ3v) is 5.85. The molecule has 3 rings (SSSR count). The van der Waals surface area contributed by atoms with Gasteiger partial charge in [0.05, 0.1) is 23.3 Å². The van der Waals surface area contributed by atoms with E-state index in [1.807, 2.05) is 62.4 Å². The quantitative estimate of drug-likeness (QED) is 0.213. The second kappa shape index (κ2) is 11.3. The van der Waals surface area contributed by atoms with Gasteiger partial charge < -0.3 is 9.47 Å². The maximum absolute atomic E-state index is 12.2. The van der Waals surface area contributed by atoms with Crippen LogP contribution in [-0.2, 0) is 17.8 Å². The Balaban J connectivity index is 1.63. The number of aryl methyl sites for hydroxylation is 2. The number of halogens is 2. The van der Waals surface area contributed by atoms with Crippen LogP contribution in [0.3, 0.4) is 0 Å². The number of nitrogens with one attached hydrogen (secondary N) is 1. The zero-order chi connectivity index (χ0) is 23.1. The van der Waals surface area contributed by atoms with Crippen LogP contribution in [0.2, 0.25) is 5.02 Å². The molecular formula is C25H24ClIN2O3. The van der Waals surface area contributed by atoms with Crippen molar-refractivity contribution in [3.8, 4) is 11.5 Å². The summed E-state index contributed by atoms with van der Waals surface area (Å²) in [6, 6.07) is 17.3. The first-order valence-electron chi connectivity index (χ1n) is 9.98. The summed E-state index contributed by atoms with van der Waals surface area (Å²) in [4.78, 5) is 12.2. The van der Waals surface area contributed by atoms with Gasteiger partial charge in [-0.3, -0.25) is 4.79 Å². The van der Waals surface area contributed by atoms with Gasteiger partial charge in [-0.2, -0.15) is 5.10 Å². The number of carbonyl (C=O) groups excluding carboxylic acids is 1. The van der Waals surface area contributed by atoms with E-state index in [0.717, 1.165) is 25.8 Å². The van der Waals surface area contributed by atoms with Crippen molar-refractivity contribution in [1.82, 2.24) is 5.43 Å². The molecule has 5 nitrogen and oxygen atoms in total. The largest absolute Gasteiger partial charge is 0.493 e. The van der Waals surface area contributed by atoms with Crippen LogP contribution in [0, 0.1) is 17.4 Å². The van der Waals surface area contributed by atoms with Crippen molar-refractivity contribution < 1.29 is 14.3 Å². The summed E-state index contributed by atoms with van der Waals surface area (Å²) in [6.45, 7) is 4.43. The Kier molecular flexibility index (Phi) is 8.53. The summed E-state index contributed by atoms with van der Waals surface area (Å²) >= 11 is 8.13. The Hall–Kier alpha value is -2.58. The molecule has 0 bridgehead atoms. The van der Waals surface area contributed by atoms with Gasteiger partial charge in [-0.15, -0.1) is 0 Å². The average molecular weight is 563 g/mol. The maximum Gasteiger partial charge on any atom is 0.244 e. The van der Waals surface area contributed by atoms with Crippen molar-refractivity contribution in [2.45, 2.75) is 26.9 Å². The third kappa shape index (κ3) is 6.71. The van der Waals surface area contributed by atoms with Crippen LogP contribution in [0.1, 0.15) is 27.8 Å². The summed E-state index contributed by atoms with van der Waals surface area (Å²) in [5, 5.41) is 4.78. The molecule has 1 N–H and O–H groups in total. The first-order chi connectivity index (χ1) is 15.4. The van der Waals surface area contributed by atoms with E-state index in [1.165, 1.54) is 5.56 Å². The molecule has 0 fully saturated rings. The van der Waals surface area contributed by atoms with Crippen molar-refractivity contribution in [2.24, 2.45) is 5.10 Å². The number of amides is 1. The fraction of sp³-hybridized carbons (Fsp3) is 0.200. The zero-order valence-corrected chi connectivity index (χ0v) is 21.0. The van der Waals surface area contributed by atoms with E-state index in [0.29, 0.717) is 23.1 Å². The van der Waals surface area contributed by atoms with Crippen LogP contribution in [-0.4, -0.2) is 19.2 Å². The van der Waals surface area contributed by atoms with Crippen LogP contribution >= 0.6 is 34.2 Å². The molecule has 0 spiro atoms. The molecule has 166 valence electrons. The smallest absolute Gasteiger partial charge is 0.244 e. The molecule has 1 amide bonds. The second-order valence-corrected chi connectivity index (χ2v) is 8.95. The number of hydrazone groups is 1. The van der Waals surface area contributed by atoms with Gasteiger partial charge in [-0.05, 0) is 83.0 Å². The molecule has 0 heterocycles. The first-order valence-corrected chi connectivity index (χ1v) is 11.4. The molecule has 32 heavy (non-hydrogen) atoms. The van der Waals surface area contributed by atoms with Crippen LogP contribution < -0.4 is 14.9 Å². The topological polar surface area (TPSA) is 59.9 Å². The molecule has 0 saturated carbocycles. The second-order valence-electron chi connectivity index (χ2n) is 7.35. The lowest BCUT2D eigenvalue weighted by Crippen LogP contribution is -2.20. The highest BCUT2D eigenvalue weighted by atomic mass is 127. The number of rotatable bonds is 8. The molecule has 0 radical (unpaired) electrons. The fourth-order valence-corrected chi connectivity index (χ4v) is 4.03. The number of methoxy groups -OCH3 is 1. The van der Waals surface area contributed by atoms with Gasteiger partial charge in [-0.25, -0.2) is 5.43 Å². The summed E-state index contributed by atoms with van der Waals surface area (Å²) in [5.74, 6) is 1.07. The number of nitrogens with zero attached hydrogens (tertiary/aromatic N) is 1. The number of hydrogen-bond acceptors (Lipinski definition) is 4. The van der Waals surface area contributed by atoms with Gasteiger partial charge in [-0.1, -0.05) is 47.5 Å². The predicted molar refractivity (Wildman–Crippen MR) is 137 cm³/mol. The number of ether oxygens (including phenoxy) is 2. The van der Waals surface area contributed by atoms with Gasteiger partial charge in [0.2, 0.25) is 5.91 Å². The summed E-state index contributed by atoms with van der Waals surface area (Å²) in [7, 11) is 1.59. The minimum absolute atomic E-state index is 0.169. The SMILES string of the molecule is COc1cc(/C=N/NC(=O)Cc2ccc(C)cc2C)cc(I)c1OCc1ccc(Cl)cc1. The minimum atomic E-state index is -0.169. The molecule has 0 unspecified atom stereocenters. The van der Waals surface area contributed by atoms with Gasteiger partial charge in [0.1, 0.15) is 6.61 Å². The fourth-order valence-electron chi connectivity index (χ4n) is 3.13. The molecule has 0 aliphatic heterocycles. The Morgan fingerprint density at radius 2 is 1.88 bits per heavy atom. The van der Waals surface area contributed by atoms with Crippen molar-refractivity contribution >= 4 is 46.3 Å². The van der Waals surface area contributed by atoms with Crippen molar-refractivity contribution in [3.63, 3.8) is 0 Å². The number of hydrogen-bond donors (Lipinski definition) is 1. The highest BCUT2D eigenvalue weighted by Gasteiger charge is 2.12. The molecule has 0 aliphatic rings. The lowest BCUT2D eigenvalue weighted by Gasteiger charge is -2.13. The van der Waals surface area contributed by atoms with E-state index in [9.17, 15) is 4.79 Å². The average Bonchev–Trinajstić information content (AvgIpc) is 2.76. The van der Waals surface area contributed by atoms with E-state index >= 15 is 0 Å². The molecule has 0 saturated heterocycles. The number of carbonyl (C=O) groups is 1. The third-order valence-electron chi connectivity index (χ3n) is 4.80. The van der Waals surface area contributed by atoms with E-state index in [-0.39, 0.29) is 12.3 Å². The highest BCUT2D eigenvalue weighted by molar-refractivity contribution is 14.1. The van der Waals surface area contributed by atoms with Gasteiger partial charge >= 0.3 is 0 Å². The maximum atomic E-state index is 12.2. The first kappa shape index (κ1) is 24.1. The molecule has 3 aromatic rings. The molecule has 0 aromatic heterocycles. The summed E-state index contributed by atoms with van der Waals surface area (Å²) in [6.07, 6.45) is 1.87. The normalized spacial score (nSPS) is 10.9. The molecular weight excluding hydrogens is 539 g/mol. The van der Waals surface area contributed by atoms with Crippen molar-refractivity contribution in [1.29, 1.82) is 0 Å². The summed E-state index contributed by atoms with van der Waals surface area (Å²) < 4.78 is 12.4. The van der Waals surface area contributed by atoms with Crippen molar-refractivity contribution in [2.75, 3.05) is 7.11 Å². The molecule has 0 atom stereocenters.